The molecule has 86 valence electrons. The molecule has 0 aromatic rings. The molecule has 0 spiro atoms. The lowest BCUT2D eigenvalue weighted by Gasteiger charge is -2.29. The first-order valence-electron chi connectivity index (χ1n) is 5.19. The Bertz CT molecular complexity index is 147. The largest absolute Gasteiger partial charge is 0.314 e. The molecule has 14 heavy (non-hydrogen) atoms. The maximum Gasteiger partial charge on any atom is 0.272 e. The van der Waals surface area contributed by atoms with Crippen LogP contribution in [0.3, 0.4) is 0 Å². The van der Waals surface area contributed by atoms with Gasteiger partial charge in [-0.05, 0) is 26.9 Å². The topological polar surface area (TPSA) is 15.3 Å². The lowest BCUT2D eigenvalue weighted by Crippen LogP contribution is -2.44. The maximum absolute atomic E-state index is 13.2. The molecule has 2 nitrogen and oxygen atoms in total. The summed E-state index contributed by atoms with van der Waals surface area (Å²) in [6.07, 6.45) is 1.84. The minimum Gasteiger partial charge on any atom is -0.314 e. The van der Waals surface area contributed by atoms with Gasteiger partial charge in [0.25, 0.3) is 5.92 Å². The molecule has 0 radical (unpaired) electrons. The Hall–Kier alpha value is -0.220. The Morgan fingerprint density at radius 2 is 1.79 bits per heavy atom. The van der Waals surface area contributed by atoms with E-state index in [-0.39, 0.29) is 19.1 Å². The number of hydrogen-bond acceptors (Lipinski definition) is 2. The predicted octanol–water partition coefficient (Wildman–Crippen LogP) is 1.96. The first-order chi connectivity index (χ1) is 6.46. The van der Waals surface area contributed by atoms with E-state index in [1.165, 1.54) is 0 Å². The molecular weight excluding hydrogens is 186 g/mol. The summed E-state index contributed by atoms with van der Waals surface area (Å²) in [7, 11) is 3.31. The number of halogens is 2. The summed E-state index contributed by atoms with van der Waals surface area (Å²) in [5.41, 5.74) is 0. The van der Waals surface area contributed by atoms with Crippen molar-refractivity contribution in [2.45, 2.75) is 38.7 Å². The van der Waals surface area contributed by atoms with Crippen LogP contribution in [-0.4, -0.2) is 44.0 Å². The number of nitrogens with zero attached hydrogens (tertiary/aromatic N) is 1. The number of rotatable bonds is 7. The van der Waals surface area contributed by atoms with Crippen LogP contribution >= 0.6 is 0 Å². The van der Waals surface area contributed by atoms with Crippen molar-refractivity contribution in [2.24, 2.45) is 0 Å². The summed E-state index contributed by atoms with van der Waals surface area (Å²) >= 11 is 0. The smallest absolute Gasteiger partial charge is 0.272 e. The molecule has 0 bridgehead atoms. The van der Waals surface area contributed by atoms with E-state index in [4.69, 9.17) is 0 Å². The Balaban J connectivity index is 4.07. The second-order valence-electron chi connectivity index (χ2n) is 3.77. The predicted molar refractivity (Wildman–Crippen MR) is 55.9 cm³/mol. The fourth-order valence-electron chi connectivity index (χ4n) is 1.72. The Morgan fingerprint density at radius 3 is 2.14 bits per heavy atom. The summed E-state index contributed by atoms with van der Waals surface area (Å²) < 4.78 is 26.4. The highest BCUT2D eigenvalue weighted by molar-refractivity contribution is 4.76. The fourth-order valence-corrected chi connectivity index (χ4v) is 1.72. The van der Waals surface area contributed by atoms with Crippen molar-refractivity contribution in [2.75, 3.05) is 27.2 Å². The van der Waals surface area contributed by atoms with Crippen LogP contribution in [0.1, 0.15) is 26.7 Å². The van der Waals surface area contributed by atoms with Gasteiger partial charge in [0.15, 0.2) is 0 Å². The highest BCUT2D eigenvalue weighted by Crippen LogP contribution is 2.16. The average molecular weight is 208 g/mol. The van der Waals surface area contributed by atoms with Gasteiger partial charge in [-0.2, -0.15) is 0 Å². The van der Waals surface area contributed by atoms with Crippen molar-refractivity contribution in [3.63, 3.8) is 0 Å². The number of nitrogens with one attached hydrogen (secondary N) is 1. The quantitative estimate of drug-likeness (QED) is 0.688. The summed E-state index contributed by atoms with van der Waals surface area (Å²) in [5.74, 6) is -2.63. The Morgan fingerprint density at radius 1 is 1.29 bits per heavy atom. The van der Waals surface area contributed by atoms with Crippen molar-refractivity contribution < 1.29 is 8.78 Å². The van der Waals surface area contributed by atoms with Crippen LogP contribution in [0.15, 0.2) is 0 Å². The minimum atomic E-state index is -2.63. The van der Waals surface area contributed by atoms with Gasteiger partial charge < -0.3 is 5.32 Å². The third kappa shape index (κ3) is 4.86. The molecule has 0 saturated carbocycles. The van der Waals surface area contributed by atoms with Crippen LogP contribution in [0.5, 0.6) is 0 Å². The molecular formula is C10H22F2N2. The zero-order valence-electron chi connectivity index (χ0n) is 9.61. The summed E-state index contributed by atoms with van der Waals surface area (Å²) in [6.45, 7) is 3.64. The van der Waals surface area contributed by atoms with Crippen molar-refractivity contribution in [1.82, 2.24) is 10.2 Å². The summed E-state index contributed by atoms with van der Waals surface area (Å²) in [5, 5.41) is 2.51. The molecule has 0 aliphatic carbocycles. The molecule has 0 rings (SSSR count). The van der Waals surface area contributed by atoms with E-state index in [9.17, 15) is 8.78 Å². The van der Waals surface area contributed by atoms with Crippen LogP contribution in [-0.2, 0) is 0 Å². The van der Waals surface area contributed by atoms with E-state index in [1.807, 2.05) is 13.8 Å². The Labute approximate surface area is 85.7 Å². The van der Waals surface area contributed by atoms with E-state index < -0.39 is 5.92 Å². The maximum atomic E-state index is 13.2. The van der Waals surface area contributed by atoms with Crippen LogP contribution in [0, 0.1) is 0 Å². The molecule has 4 heteroatoms. The van der Waals surface area contributed by atoms with Crippen molar-refractivity contribution in [3.8, 4) is 0 Å². The zero-order chi connectivity index (χ0) is 11.2. The van der Waals surface area contributed by atoms with Gasteiger partial charge in [-0.1, -0.05) is 13.8 Å². The first-order valence-corrected chi connectivity index (χ1v) is 5.19. The molecule has 0 aliphatic rings. The van der Waals surface area contributed by atoms with Crippen LogP contribution in [0.4, 0.5) is 8.78 Å². The standard InChI is InChI=1S/C10H22F2N2/c1-5-9(6-2)14(4)8-10(11,12)7-13-3/h9,13H,5-8H2,1-4H3. The van der Waals surface area contributed by atoms with Crippen LogP contribution < -0.4 is 5.32 Å². The molecule has 0 saturated heterocycles. The molecule has 0 heterocycles. The van der Waals surface area contributed by atoms with Gasteiger partial charge in [0.05, 0.1) is 13.1 Å². The van der Waals surface area contributed by atoms with E-state index in [0.717, 1.165) is 12.8 Å². The van der Waals surface area contributed by atoms with Crippen LogP contribution in [0.25, 0.3) is 0 Å². The van der Waals surface area contributed by atoms with Crippen molar-refractivity contribution in [3.05, 3.63) is 0 Å². The number of alkyl halides is 2. The highest BCUT2D eigenvalue weighted by atomic mass is 19.3. The molecule has 0 aliphatic heterocycles. The van der Waals surface area contributed by atoms with E-state index in [2.05, 4.69) is 5.32 Å². The zero-order valence-corrected chi connectivity index (χ0v) is 9.61. The SMILES string of the molecule is CCC(CC)N(C)CC(F)(F)CNC. The molecule has 0 atom stereocenters. The molecule has 0 unspecified atom stereocenters. The molecule has 1 N–H and O–H groups in total. The van der Waals surface area contributed by atoms with Gasteiger partial charge in [0, 0.05) is 6.04 Å². The summed E-state index contributed by atoms with van der Waals surface area (Å²) in [6, 6.07) is 0.262. The van der Waals surface area contributed by atoms with Gasteiger partial charge in [-0.15, -0.1) is 0 Å². The van der Waals surface area contributed by atoms with E-state index in [0.29, 0.717) is 0 Å². The third-order valence-electron chi connectivity index (χ3n) is 2.48. The molecule has 0 aromatic carbocycles. The number of hydrogen-bond donors (Lipinski definition) is 1. The molecule has 0 aromatic heterocycles. The molecule has 0 amide bonds. The van der Waals surface area contributed by atoms with Crippen molar-refractivity contribution >= 4 is 0 Å². The molecule has 0 fully saturated rings. The first kappa shape index (κ1) is 13.8. The lowest BCUT2D eigenvalue weighted by molar-refractivity contribution is -0.0329. The minimum absolute atomic E-state index is 0.166. The lowest BCUT2D eigenvalue weighted by atomic mass is 10.1. The summed E-state index contributed by atoms with van der Waals surface area (Å²) in [4.78, 5) is 1.75. The highest BCUT2D eigenvalue weighted by Gasteiger charge is 2.31. The van der Waals surface area contributed by atoms with Crippen molar-refractivity contribution in [1.29, 1.82) is 0 Å². The van der Waals surface area contributed by atoms with Gasteiger partial charge in [-0.25, -0.2) is 8.78 Å². The normalized spacial score (nSPS) is 12.9. The third-order valence-corrected chi connectivity index (χ3v) is 2.48. The van der Waals surface area contributed by atoms with Gasteiger partial charge in [0.2, 0.25) is 0 Å². The van der Waals surface area contributed by atoms with E-state index >= 15 is 0 Å². The van der Waals surface area contributed by atoms with Gasteiger partial charge in [-0.3, -0.25) is 4.90 Å². The second kappa shape index (κ2) is 6.30. The monoisotopic (exact) mass is 208 g/mol. The Kier molecular flexibility index (Phi) is 6.20. The van der Waals surface area contributed by atoms with Gasteiger partial charge in [0.1, 0.15) is 0 Å². The van der Waals surface area contributed by atoms with Gasteiger partial charge >= 0.3 is 0 Å². The fraction of sp³-hybridized carbons (Fsp3) is 1.00. The van der Waals surface area contributed by atoms with Crippen LogP contribution in [0.2, 0.25) is 0 Å². The second-order valence-corrected chi connectivity index (χ2v) is 3.77. The van der Waals surface area contributed by atoms with E-state index in [1.54, 1.807) is 19.0 Å². The average Bonchev–Trinajstić information content (AvgIpc) is 2.04.